The van der Waals surface area contributed by atoms with E-state index in [1.165, 1.54) is 18.2 Å². The van der Waals surface area contributed by atoms with Gasteiger partial charge in [-0.1, -0.05) is 30.3 Å². The van der Waals surface area contributed by atoms with Gasteiger partial charge in [0.25, 0.3) is 0 Å². The van der Waals surface area contributed by atoms with Gasteiger partial charge in [0, 0.05) is 18.3 Å². The normalized spacial score (nSPS) is 11.9. The SMILES string of the molecule is CC(NC(=O)/C=C/c1cccc(F)c1)c1cccc(Oc2ccccn2)c1. The van der Waals surface area contributed by atoms with E-state index in [1.54, 1.807) is 30.5 Å². The van der Waals surface area contributed by atoms with Gasteiger partial charge in [-0.25, -0.2) is 9.37 Å². The molecule has 1 atom stereocenters. The minimum Gasteiger partial charge on any atom is -0.439 e. The first-order chi connectivity index (χ1) is 13.1. The number of hydrogen-bond donors (Lipinski definition) is 1. The summed E-state index contributed by atoms with van der Waals surface area (Å²) in [7, 11) is 0. The number of pyridine rings is 1. The van der Waals surface area contributed by atoms with Crippen molar-refractivity contribution in [2.24, 2.45) is 0 Å². The molecule has 1 N–H and O–H groups in total. The third-order valence-corrected chi connectivity index (χ3v) is 3.85. The van der Waals surface area contributed by atoms with Gasteiger partial charge < -0.3 is 10.1 Å². The van der Waals surface area contributed by atoms with Crippen molar-refractivity contribution in [1.82, 2.24) is 10.3 Å². The monoisotopic (exact) mass is 362 g/mol. The number of carbonyl (C=O) groups excluding carboxylic acids is 1. The maximum Gasteiger partial charge on any atom is 0.244 e. The second-order valence-corrected chi connectivity index (χ2v) is 5.96. The number of hydrogen-bond acceptors (Lipinski definition) is 3. The molecule has 4 nitrogen and oxygen atoms in total. The van der Waals surface area contributed by atoms with Crippen LogP contribution in [0.4, 0.5) is 4.39 Å². The molecule has 0 bridgehead atoms. The van der Waals surface area contributed by atoms with E-state index in [9.17, 15) is 9.18 Å². The van der Waals surface area contributed by atoms with Gasteiger partial charge in [-0.05, 0) is 54.5 Å². The molecule has 1 aromatic heterocycles. The minimum absolute atomic E-state index is 0.220. The highest BCUT2D eigenvalue weighted by Crippen LogP contribution is 2.23. The fraction of sp³-hybridized carbons (Fsp3) is 0.0909. The molecule has 0 aliphatic heterocycles. The average molecular weight is 362 g/mol. The molecule has 0 spiro atoms. The van der Waals surface area contributed by atoms with Crippen molar-refractivity contribution in [1.29, 1.82) is 0 Å². The topological polar surface area (TPSA) is 51.2 Å². The van der Waals surface area contributed by atoms with Crippen molar-refractivity contribution < 1.29 is 13.9 Å². The number of ether oxygens (including phenoxy) is 1. The van der Waals surface area contributed by atoms with E-state index in [0.29, 0.717) is 17.2 Å². The number of benzene rings is 2. The predicted octanol–water partition coefficient (Wildman–Crippen LogP) is 4.90. The molecule has 1 unspecified atom stereocenters. The van der Waals surface area contributed by atoms with Crippen LogP contribution in [0.1, 0.15) is 24.1 Å². The van der Waals surface area contributed by atoms with E-state index in [1.807, 2.05) is 43.3 Å². The molecule has 0 radical (unpaired) electrons. The highest BCUT2D eigenvalue weighted by Gasteiger charge is 2.09. The highest BCUT2D eigenvalue weighted by molar-refractivity contribution is 5.91. The average Bonchev–Trinajstić information content (AvgIpc) is 2.67. The summed E-state index contributed by atoms with van der Waals surface area (Å²) < 4.78 is 18.9. The van der Waals surface area contributed by atoms with Gasteiger partial charge in [0.2, 0.25) is 11.8 Å². The molecule has 1 heterocycles. The van der Waals surface area contributed by atoms with Crippen LogP contribution in [0.2, 0.25) is 0 Å². The smallest absolute Gasteiger partial charge is 0.244 e. The van der Waals surface area contributed by atoms with Crippen molar-refractivity contribution in [2.75, 3.05) is 0 Å². The molecule has 136 valence electrons. The van der Waals surface area contributed by atoms with Crippen LogP contribution in [0.25, 0.3) is 6.08 Å². The maximum absolute atomic E-state index is 13.2. The van der Waals surface area contributed by atoms with Crippen LogP contribution in [-0.2, 0) is 4.79 Å². The lowest BCUT2D eigenvalue weighted by atomic mass is 10.1. The van der Waals surface area contributed by atoms with E-state index >= 15 is 0 Å². The summed E-state index contributed by atoms with van der Waals surface area (Å²) in [5, 5.41) is 2.88. The van der Waals surface area contributed by atoms with E-state index in [2.05, 4.69) is 10.3 Å². The summed E-state index contributed by atoms with van der Waals surface area (Å²) in [5.41, 5.74) is 1.53. The van der Waals surface area contributed by atoms with Crippen molar-refractivity contribution in [2.45, 2.75) is 13.0 Å². The number of halogens is 1. The summed E-state index contributed by atoms with van der Waals surface area (Å²) in [4.78, 5) is 16.3. The number of aromatic nitrogens is 1. The molecule has 0 fully saturated rings. The Balaban J connectivity index is 1.62. The number of nitrogens with zero attached hydrogens (tertiary/aromatic N) is 1. The molecule has 3 aromatic rings. The third-order valence-electron chi connectivity index (χ3n) is 3.85. The molecule has 1 amide bonds. The molecule has 0 saturated heterocycles. The Hall–Kier alpha value is -3.47. The zero-order valence-electron chi connectivity index (χ0n) is 14.8. The van der Waals surface area contributed by atoms with Crippen LogP contribution >= 0.6 is 0 Å². The Bertz CT molecular complexity index is 942. The molecular weight excluding hydrogens is 343 g/mol. The lowest BCUT2D eigenvalue weighted by molar-refractivity contribution is -0.117. The molecule has 0 aliphatic carbocycles. The molecule has 0 saturated carbocycles. The summed E-state index contributed by atoms with van der Waals surface area (Å²) in [6.45, 7) is 1.88. The first-order valence-corrected chi connectivity index (χ1v) is 8.53. The molecule has 5 heteroatoms. The van der Waals surface area contributed by atoms with Crippen molar-refractivity contribution in [3.8, 4) is 11.6 Å². The number of carbonyl (C=O) groups is 1. The number of rotatable bonds is 6. The first kappa shape index (κ1) is 18.3. The quantitative estimate of drug-likeness (QED) is 0.634. The zero-order valence-corrected chi connectivity index (χ0v) is 14.8. The predicted molar refractivity (Wildman–Crippen MR) is 103 cm³/mol. The first-order valence-electron chi connectivity index (χ1n) is 8.53. The third kappa shape index (κ3) is 5.51. The van der Waals surface area contributed by atoms with Crippen LogP contribution < -0.4 is 10.1 Å². The maximum atomic E-state index is 13.2. The van der Waals surface area contributed by atoms with Gasteiger partial charge >= 0.3 is 0 Å². The van der Waals surface area contributed by atoms with Crippen LogP contribution in [0.5, 0.6) is 11.6 Å². The molecular formula is C22H19FN2O2. The number of nitrogens with one attached hydrogen (secondary N) is 1. The minimum atomic E-state index is -0.337. The standard InChI is InChI=1S/C22H19FN2O2/c1-16(25-21(26)12-11-17-6-4-8-19(23)14-17)18-7-5-9-20(15-18)27-22-10-2-3-13-24-22/h2-16H,1H3,(H,25,26)/b12-11+. The van der Waals surface area contributed by atoms with Crippen LogP contribution in [0, 0.1) is 5.82 Å². The molecule has 0 aliphatic rings. The summed E-state index contributed by atoms with van der Waals surface area (Å²) >= 11 is 0. The van der Waals surface area contributed by atoms with E-state index in [0.717, 1.165) is 5.56 Å². The van der Waals surface area contributed by atoms with Gasteiger partial charge in [-0.3, -0.25) is 4.79 Å². The lowest BCUT2D eigenvalue weighted by Crippen LogP contribution is -2.24. The zero-order chi connectivity index (χ0) is 19.1. The summed E-state index contributed by atoms with van der Waals surface area (Å²) in [6, 6.07) is 18.7. The fourth-order valence-electron chi connectivity index (χ4n) is 2.50. The fourth-order valence-corrected chi connectivity index (χ4v) is 2.50. The second-order valence-electron chi connectivity index (χ2n) is 5.96. The Morgan fingerprint density at radius 1 is 1.11 bits per heavy atom. The van der Waals surface area contributed by atoms with Gasteiger partial charge in [-0.2, -0.15) is 0 Å². The lowest BCUT2D eigenvalue weighted by Gasteiger charge is -2.14. The van der Waals surface area contributed by atoms with Crippen molar-refractivity contribution in [3.63, 3.8) is 0 Å². The Morgan fingerprint density at radius 2 is 1.96 bits per heavy atom. The Kier molecular flexibility index (Phi) is 5.94. The van der Waals surface area contributed by atoms with Crippen molar-refractivity contribution >= 4 is 12.0 Å². The Morgan fingerprint density at radius 3 is 2.74 bits per heavy atom. The molecule has 3 rings (SSSR count). The van der Waals surface area contributed by atoms with Gasteiger partial charge in [-0.15, -0.1) is 0 Å². The second kappa shape index (κ2) is 8.76. The van der Waals surface area contributed by atoms with Crippen molar-refractivity contribution in [3.05, 3.63) is 95.9 Å². The van der Waals surface area contributed by atoms with Gasteiger partial charge in [0.1, 0.15) is 11.6 Å². The largest absolute Gasteiger partial charge is 0.439 e. The Labute approximate surface area is 157 Å². The highest BCUT2D eigenvalue weighted by atomic mass is 19.1. The van der Waals surface area contributed by atoms with Crippen LogP contribution in [0.3, 0.4) is 0 Å². The summed E-state index contributed by atoms with van der Waals surface area (Å²) in [6.07, 6.45) is 4.62. The molecule has 2 aromatic carbocycles. The van der Waals surface area contributed by atoms with E-state index < -0.39 is 0 Å². The summed E-state index contributed by atoms with van der Waals surface area (Å²) in [5.74, 6) is 0.547. The van der Waals surface area contributed by atoms with Gasteiger partial charge in [0.15, 0.2) is 0 Å². The molecule has 27 heavy (non-hydrogen) atoms. The van der Waals surface area contributed by atoms with E-state index in [-0.39, 0.29) is 17.8 Å². The van der Waals surface area contributed by atoms with E-state index in [4.69, 9.17) is 4.74 Å². The van der Waals surface area contributed by atoms with Gasteiger partial charge in [0.05, 0.1) is 6.04 Å². The van der Waals surface area contributed by atoms with Crippen LogP contribution in [-0.4, -0.2) is 10.9 Å². The number of amides is 1. The van der Waals surface area contributed by atoms with Crippen LogP contribution in [0.15, 0.2) is 79.0 Å².